The van der Waals surface area contributed by atoms with Gasteiger partial charge in [0, 0.05) is 11.6 Å². The standard InChI is InChI=1S/C29H22N2O4/c1-18-6-4-9-20(14-18)33-17-27(32)34-21-12-13-24-26(15-21)35-29(31)25(16-30)28(24)23-11-5-8-19-7-2-3-10-22(19)23/h2-15,28H,17,31H2,1H3. The van der Waals surface area contributed by atoms with Crippen molar-refractivity contribution in [2.24, 2.45) is 5.73 Å². The average molecular weight is 463 g/mol. The first kappa shape index (κ1) is 22.1. The molecule has 1 aliphatic rings. The summed E-state index contributed by atoms with van der Waals surface area (Å²) < 4.78 is 16.8. The van der Waals surface area contributed by atoms with Crippen molar-refractivity contribution in [1.29, 1.82) is 5.26 Å². The van der Waals surface area contributed by atoms with Crippen molar-refractivity contribution in [3.63, 3.8) is 0 Å². The summed E-state index contributed by atoms with van der Waals surface area (Å²) >= 11 is 0. The maximum absolute atomic E-state index is 12.4. The highest BCUT2D eigenvalue weighted by Gasteiger charge is 2.32. The lowest BCUT2D eigenvalue weighted by atomic mass is 9.81. The number of hydrogen-bond acceptors (Lipinski definition) is 6. The van der Waals surface area contributed by atoms with Gasteiger partial charge in [-0.15, -0.1) is 0 Å². The Morgan fingerprint density at radius 1 is 0.971 bits per heavy atom. The number of carbonyl (C=O) groups excluding carboxylic acids is 1. The summed E-state index contributed by atoms with van der Waals surface area (Å²) in [6.07, 6.45) is 0. The van der Waals surface area contributed by atoms with Crippen LogP contribution in [0.2, 0.25) is 0 Å². The van der Waals surface area contributed by atoms with E-state index in [2.05, 4.69) is 6.07 Å². The Hall–Kier alpha value is -4.76. The molecule has 0 amide bonds. The molecule has 0 aromatic heterocycles. The van der Waals surface area contributed by atoms with Crippen LogP contribution < -0.4 is 19.9 Å². The van der Waals surface area contributed by atoms with Gasteiger partial charge in [0.05, 0.1) is 5.92 Å². The minimum Gasteiger partial charge on any atom is -0.482 e. The van der Waals surface area contributed by atoms with Crippen molar-refractivity contribution in [2.75, 3.05) is 6.61 Å². The zero-order valence-corrected chi connectivity index (χ0v) is 19.0. The number of rotatable bonds is 5. The molecule has 6 nitrogen and oxygen atoms in total. The monoisotopic (exact) mass is 462 g/mol. The number of benzene rings is 4. The molecule has 6 heteroatoms. The molecule has 172 valence electrons. The zero-order chi connectivity index (χ0) is 24.4. The van der Waals surface area contributed by atoms with Gasteiger partial charge in [-0.2, -0.15) is 5.26 Å². The fraction of sp³-hybridized carbons (Fsp3) is 0.103. The van der Waals surface area contributed by atoms with E-state index in [4.69, 9.17) is 19.9 Å². The number of hydrogen-bond donors (Lipinski definition) is 1. The number of nitrogens with two attached hydrogens (primary N) is 1. The van der Waals surface area contributed by atoms with Crippen LogP contribution in [0, 0.1) is 18.3 Å². The molecule has 1 heterocycles. The van der Waals surface area contributed by atoms with Crippen molar-refractivity contribution in [2.45, 2.75) is 12.8 Å². The molecule has 0 fully saturated rings. The number of nitrogens with zero attached hydrogens (tertiary/aromatic N) is 1. The van der Waals surface area contributed by atoms with Gasteiger partial charge in [0.25, 0.3) is 0 Å². The van der Waals surface area contributed by atoms with Crippen LogP contribution in [0.25, 0.3) is 10.8 Å². The molecule has 2 N–H and O–H groups in total. The van der Waals surface area contributed by atoms with Crippen LogP contribution in [0.15, 0.2) is 96.4 Å². The van der Waals surface area contributed by atoms with Crippen molar-refractivity contribution >= 4 is 16.7 Å². The lowest BCUT2D eigenvalue weighted by molar-refractivity contribution is -0.136. The minimum absolute atomic E-state index is 0.0317. The molecule has 35 heavy (non-hydrogen) atoms. The highest BCUT2D eigenvalue weighted by atomic mass is 16.6. The summed E-state index contributed by atoms with van der Waals surface area (Å²) in [5.41, 5.74) is 9.24. The maximum atomic E-state index is 12.4. The second-order valence-corrected chi connectivity index (χ2v) is 8.27. The number of ether oxygens (including phenoxy) is 3. The molecule has 1 aliphatic heterocycles. The molecule has 0 bridgehead atoms. The molecule has 5 rings (SSSR count). The summed E-state index contributed by atoms with van der Waals surface area (Å²) in [6.45, 7) is 1.71. The van der Waals surface area contributed by atoms with Crippen molar-refractivity contribution in [1.82, 2.24) is 0 Å². The quantitative estimate of drug-likeness (QED) is 0.317. The Morgan fingerprint density at radius 2 is 1.77 bits per heavy atom. The van der Waals surface area contributed by atoms with Gasteiger partial charge in [-0.3, -0.25) is 0 Å². The summed E-state index contributed by atoms with van der Waals surface area (Å²) in [5.74, 6) is 0.397. The lowest BCUT2D eigenvalue weighted by Crippen LogP contribution is -2.22. The predicted octanol–water partition coefficient (Wildman–Crippen LogP) is 5.35. The molecule has 0 radical (unpaired) electrons. The summed E-state index contributed by atoms with van der Waals surface area (Å²) in [7, 11) is 0. The largest absolute Gasteiger partial charge is 0.482 e. The number of carbonyl (C=O) groups is 1. The van der Waals surface area contributed by atoms with E-state index in [1.807, 2.05) is 67.6 Å². The van der Waals surface area contributed by atoms with Gasteiger partial charge in [0.1, 0.15) is 28.9 Å². The predicted molar refractivity (Wildman–Crippen MR) is 132 cm³/mol. The molecule has 1 atom stereocenters. The van der Waals surface area contributed by atoms with Crippen LogP contribution in [0.5, 0.6) is 17.2 Å². The molecular formula is C29H22N2O4. The number of nitriles is 1. The number of allylic oxidation sites excluding steroid dienone is 1. The molecule has 4 aromatic carbocycles. The summed E-state index contributed by atoms with van der Waals surface area (Å²) in [4.78, 5) is 12.4. The van der Waals surface area contributed by atoms with Gasteiger partial charge >= 0.3 is 5.97 Å². The van der Waals surface area contributed by atoms with E-state index in [1.54, 1.807) is 24.3 Å². The topological polar surface area (TPSA) is 94.6 Å². The summed E-state index contributed by atoms with van der Waals surface area (Å²) in [6, 6.07) is 28.7. The number of esters is 1. The summed E-state index contributed by atoms with van der Waals surface area (Å²) in [5, 5.41) is 12.0. The van der Waals surface area contributed by atoms with E-state index in [0.29, 0.717) is 22.8 Å². The van der Waals surface area contributed by atoms with Crippen LogP contribution in [0.3, 0.4) is 0 Å². The van der Waals surface area contributed by atoms with Gasteiger partial charge < -0.3 is 19.9 Å². The maximum Gasteiger partial charge on any atom is 0.349 e. The first-order valence-electron chi connectivity index (χ1n) is 11.1. The molecule has 0 spiro atoms. The van der Waals surface area contributed by atoms with Gasteiger partial charge in [0.15, 0.2) is 6.61 Å². The zero-order valence-electron chi connectivity index (χ0n) is 19.0. The van der Waals surface area contributed by atoms with E-state index in [-0.39, 0.29) is 12.5 Å². The second-order valence-electron chi connectivity index (χ2n) is 8.27. The lowest BCUT2D eigenvalue weighted by Gasteiger charge is -2.27. The van der Waals surface area contributed by atoms with Crippen LogP contribution >= 0.6 is 0 Å². The third-order valence-corrected chi connectivity index (χ3v) is 5.90. The third kappa shape index (κ3) is 4.40. The Bertz CT molecular complexity index is 1510. The first-order chi connectivity index (χ1) is 17.0. The van der Waals surface area contributed by atoms with Crippen LogP contribution in [-0.2, 0) is 4.79 Å². The SMILES string of the molecule is Cc1cccc(OCC(=O)Oc2ccc3c(c2)OC(N)=C(C#N)C3c2cccc3ccccc23)c1. The second kappa shape index (κ2) is 9.24. The smallest absolute Gasteiger partial charge is 0.349 e. The van der Waals surface area contributed by atoms with E-state index in [0.717, 1.165) is 27.5 Å². The molecular weight excluding hydrogens is 440 g/mol. The van der Waals surface area contributed by atoms with Gasteiger partial charge in [-0.05, 0) is 47.0 Å². The van der Waals surface area contributed by atoms with E-state index in [1.165, 1.54) is 0 Å². The normalized spacial score (nSPS) is 14.6. The Balaban J connectivity index is 1.43. The number of fused-ring (bicyclic) bond motifs is 2. The molecule has 0 saturated carbocycles. The highest BCUT2D eigenvalue weighted by Crippen LogP contribution is 2.45. The van der Waals surface area contributed by atoms with E-state index < -0.39 is 11.9 Å². The van der Waals surface area contributed by atoms with E-state index in [9.17, 15) is 10.1 Å². The van der Waals surface area contributed by atoms with Crippen molar-refractivity contribution in [3.8, 4) is 23.3 Å². The molecule has 1 unspecified atom stereocenters. The molecule has 4 aromatic rings. The van der Waals surface area contributed by atoms with Crippen LogP contribution in [-0.4, -0.2) is 12.6 Å². The Morgan fingerprint density at radius 3 is 2.60 bits per heavy atom. The van der Waals surface area contributed by atoms with Crippen molar-refractivity contribution in [3.05, 3.63) is 113 Å². The third-order valence-electron chi connectivity index (χ3n) is 5.90. The van der Waals surface area contributed by atoms with Gasteiger partial charge in [-0.25, -0.2) is 4.79 Å². The fourth-order valence-corrected chi connectivity index (χ4v) is 4.33. The van der Waals surface area contributed by atoms with Gasteiger partial charge in [0.2, 0.25) is 5.88 Å². The highest BCUT2D eigenvalue weighted by molar-refractivity contribution is 5.87. The molecule has 0 aliphatic carbocycles. The number of aryl methyl sites for hydroxylation is 1. The van der Waals surface area contributed by atoms with Crippen LogP contribution in [0.4, 0.5) is 0 Å². The van der Waals surface area contributed by atoms with Crippen molar-refractivity contribution < 1.29 is 19.0 Å². The van der Waals surface area contributed by atoms with Crippen LogP contribution in [0.1, 0.15) is 22.6 Å². The Labute approximate surface area is 202 Å². The Kier molecular flexibility index (Phi) is 5.82. The minimum atomic E-state index is -0.547. The first-order valence-corrected chi connectivity index (χ1v) is 11.1. The van der Waals surface area contributed by atoms with Gasteiger partial charge in [-0.1, -0.05) is 60.7 Å². The van der Waals surface area contributed by atoms with E-state index >= 15 is 0 Å². The molecule has 0 saturated heterocycles. The average Bonchev–Trinajstić information content (AvgIpc) is 2.86. The fourth-order valence-electron chi connectivity index (χ4n) is 4.33.